The molecule has 2 unspecified atom stereocenters. The minimum absolute atomic E-state index is 0.00891. The van der Waals surface area contributed by atoms with E-state index in [4.69, 9.17) is 5.73 Å². The molecule has 198 valence electrons. The Balaban J connectivity index is 1.57. The number of aromatic nitrogens is 1. The van der Waals surface area contributed by atoms with Crippen LogP contribution >= 0.6 is 11.3 Å². The summed E-state index contributed by atoms with van der Waals surface area (Å²) in [5.41, 5.74) is 6.91. The number of nitrogens with one attached hydrogen (secondary N) is 1. The van der Waals surface area contributed by atoms with Crippen LogP contribution in [0.3, 0.4) is 0 Å². The number of alkyl halides is 3. The average Bonchev–Trinajstić information content (AvgIpc) is 3.30. The Hall–Kier alpha value is -4.26. The van der Waals surface area contributed by atoms with E-state index in [0.29, 0.717) is 20.9 Å². The van der Waals surface area contributed by atoms with Gasteiger partial charge < -0.3 is 15.8 Å². The number of nitrogen functional groups attached to an aromatic ring is 1. The van der Waals surface area contributed by atoms with Crippen molar-refractivity contribution in [3.05, 3.63) is 82.9 Å². The maximum absolute atomic E-state index is 13.3. The highest BCUT2D eigenvalue weighted by atomic mass is 32.1. The zero-order valence-corrected chi connectivity index (χ0v) is 20.4. The highest BCUT2D eigenvalue weighted by molar-refractivity contribution is 7.15. The smallest absolute Gasteiger partial charge is 0.385 e. The topological polar surface area (TPSA) is 132 Å². The summed E-state index contributed by atoms with van der Waals surface area (Å²) >= 11 is 1.14. The summed E-state index contributed by atoms with van der Waals surface area (Å²) in [5, 5.41) is 2.95. The van der Waals surface area contributed by atoms with Crippen LogP contribution in [0.25, 0.3) is 0 Å². The van der Waals surface area contributed by atoms with Crippen LogP contribution < -0.4 is 11.1 Å². The van der Waals surface area contributed by atoms with Gasteiger partial charge in [0.25, 0.3) is 0 Å². The number of aryl methyl sites for hydroxylation is 1. The quantitative estimate of drug-likeness (QED) is 0.263. The van der Waals surface area contributed by atoms with E-state index in [9.17, 15) is 32.3 Å². The minimum Gasteiger partial charge on any atom is -0.385 e. The van der Waals surface area contributed by atoms with Crippen LogP contribution in [0.2, 0.25) is 0 Å². The number of nitrogens with zero attached hydrogens (tertiary/aromatic N) is 2. The van der Waals surface area contributed by atoms with E-state index in [1.807, 2.05) is 0 Å². The number of esters is 2. The number of imide groups is 1. The van der Waals surface area contributed by atoms with Crippen LogP contribution in [0, 0.1) is 5.92 Å². The lowest BCUT2D eigenvalue weighted by Gasteiger charge is -2.44. The fourth-order valence-electron chi connectivity index (χ4n) is 4.11. The van der Waals surface area contributed by atoms with Gasteiger partial charge in [0.05, 0.1) is 12.0 Å². The van der Waals surface area contributed by atoms with Crippen LogP contribution in [0.1, 0.15) is 28.5 Å². The number of β-lactam (4-membered cyclic amide) rings is 1. The Bertz CT molecular complexity index is 1290. The van der Waals surface area contributed by atoms with E-state index in [2.05, 4.69) is 15.0 Å². The van der Waals surface area contributed by atoms with Crippen molar-refractivity contribution in [2.45, 2.75) is 31.1 Å². The maximum atomic E-state index is 13.3. The van der Waals surface area contributed by atoms with Crippen molar-refractivity contribution in [1.29, 1.82) is 0 Å². The Morgan fingerprint density at radius 2 is 1.63 bits per heavy atom. The molecule has 1 saturated heterocycles. The number of carbonyl (C=O) groups is 4. The van der Waals surface area contributed by atoms with Crippen LogP contribution in [0.4, 0.5) is 23.1 Å². The standard InChI is InChI=1S/C25H21F3N4O5S/c26-25(27,28)22(35)37-21(34)19-17(12-11-16-13-30-23(29)38-16)20(33)32(19)24(36)31-18(14-7-3-1-4-8-14)15-9-5-2-6-10-15/h1-10,13,17-19H,11-12H2,(H2,29,30)(H,31,36). The number of halogens is 3. The number of likely N-dealkylation sites (tertiary alicyclic amines) is 1. The molecule has 3 aromatic rings. The zero-order valence-electron chi connectivity index (χ0n) is 19.6. The van der Waals surface area contributed by atoms with Gasteiger partial charge in [0, 0.05) is 11.1 Å². The summed E-state index contributed by atoms with van der Waals surface area (Å²) < 4.78 is 42.2. The Morgan fingerprint density at radius 1 is 1.05 bits per heavy atom. The average molecular weight is 547 g/mol. The fraction of sp³-hybridized carbons (Fsp3) is 0.240. The van der Waals surface area contributed by atoms with E-state index in [-0.39, 0.29) is 18.0 Å². The van der Waals surface area contributed by atoms with Crippen LogP contribution in [-0.4, -0.2) is 46.0 Å². The molecule has 0 bridgehead atoms. The van der Waals surface area contributed by atoms with Gasteiger partial charge in [-0.05, 0) is 24.0 Å². The number of rotatable bonds is 7. The number of amides is 3. The molecule has 0 aliphatic carbocycles. The molecule has 38 heavy (non-hydrogen) atoms. The highest BCUT2D eigenvalue weighted by Gasteiger charge is 2.57. The number of nitrogens with two attached hydrogens (primary N) is 1. The van der Waals surface area contributed by atoms with Gasteiger partial charge >= 0.3 is 24.1 Å². The summed E-state index contributed by atoms with van der Waals surface area (Å²) in [5.74, 6) is -6.36. The molecule has 2 heterocycles. The highest BCUT2D eigenvalue weighted by Crippen LogP contribution is 2.34. The van der Waals surface area contributed by atoms with E-state index in [1.54, 1.807) is 60.7 Å². The third-order valence-electron chi connectivity index (χ3n) is 5.91. The van der Waals surface area contributed by atoms with Gasteiger partial charge in [-0.25, -0.2) is 24.3 Å². The Labute approximate surface area is 218 Å². The lowest BCUT2D eigenvalue weighted by Crippen LogP contribution is -2.68. The molecule has 4 rings (SSSR count). The maximum Gasteiger partial charge on any atom is 0.491 e. The summed E-state index contributed by atoms with van der Waals surface area (Å²) in [6, 6.07) is 14.0. The molecule has 2 aromatic carbocycles. The van der Waals surface area contributed by atoms with E-state index >= 15 is 0 Å². The van der Waals surface area contributed by atoms with Gasteiger partial charge in [-0.1, -0.05) is 60.7 Å². The van der Waals surface area contributed by atoms with Gasteiger partial charge in [0.2, 0.25) is 5.91 Å². The molecule has 3 amide bonds. The molecule has 2 atom stereocenters. The number of hydrogen-bond donors (Lipinski definition) is 2. The summed E-state index contributed by atoms with van der Waals surface area (Å²) in [6.45, 7) is 0. The largest absolute Gasteiger partial charge is 0.491 e. The van der Waals surface area contributed by atoms with Crippen molar-refractivity contribution >= 4 is 40.3 Å². The third kappa shape index (κ3) is 5.83. The van der Waals surface area contributed by atoms with Crippen molar-refractivity contribution in [3.8, 4) is 0 Å². The van der Waals surface area contributed by atoms with Crippen molar-refractivity contribution in [1.82, 2.24) is 15.2 Å². The molecule has 3 N–H and O–H groups in total. The lowest BCUT2D eigenvalue weighted by atomic mass is 9.83. The molecular weight excluding hydrogens is 525 g/mol. The predicted molar refractivity (Wildman–Crippen MR) is 129 cm³/mol. The zero-order chi connectivity index (χ0) is 27.4. The van der Waals surface area contributed by atoms with E-state index in [1.165, 1.54) is 6.20 Å². The van der Waals surface area contributed by atoms with Crippen LogP contribution in [-0.2, 0) is 25.5 Å². The Morgan fingerprint density at radius 3 is 2.13 bits per heavy atom. The molecule has 13 heteroatoms. The second-order valence-corrected chi connectivity index (χ2v) is 9.52. The molecule has 1 aliphatic rings. The molecule has 9 nitrogen and oxygen atoms in total. The number of thiazole rings is 1. The van der Waals surface area contributed by atoms with Gasteiger partial charge in [0.15, 0.2) is 11.2 Å². The monoisotopic (exact) mass is 546 g/mol. The molecule has 0 saturated carbocycles. The molecule has 1 aliphatic heterocycles. The normalized spacial score (nSPS) is 17.2. The van der Waals surface area contributed by atoms with Gasteiger partial charge in [-0.2, -0.15) is 13.2 Å². The summed E-state index contributed by atoms with van der Waals surface area (Å²) in [7, 11) is 0. The van der Waals surface area contributed by atoms with Crippen molar-refractivity contribution in [2.24, 2.45) is 5.92 Å². The van der Waals surface area contributed by atoms with Gasteiger partial charge in [0.1, 0.15) is 0 Å². The summed E-state index contributed by atoms with van der Waals surface area (Å²) in [6.07, 6.45) is -3.75. The Kier molecular flexibility index (Phi) is 7.76. The van der Waals surface area contributed by atoms with Crippen molar-refractivity contribution in [3.63, 3.8) is 0 Å². The molecule has 0 radical (unpaired) electrons. The molecule has 1 fully saturated rings. The SMILES string of the molecule is Nc1ncc(CCC2C(=O)N(C(=O)NC(c3ccccc3)c3ccccc3)C2C(=O)OC(=O)C(F)(F)F)s1. The number of ether oxygens (including phenoxy) is 1. The minimum atomic E-state index is -5.43. The third-order valence-corrected chi connectivity index (χ3v) is 6.79. The van der Waals surface area contributed by atoms with Crippen LogP contribution in [0.15, 0.2) is 66.9 Å². The number of carbonyl (C=O) groups excluding carboxylic acids is 4. The van der Waals surface area contributed by atoms with E-state index in [0.717, 1.165) is 11.3 Å². The molecule has 1 aromatic heterocycles. The number of anilines is 1. The first-order valence-corrected chi connectivity index (χ1v) is 12.1. The fourth-order valence-corrected chi connectivity index (χ4v) is 4.81. The van der Waals surface area contributed by atoms with Gasteiger partial charge in [-0.3, -0.25) is 4.79 Å². The lowest BCUT2D eigenvalue weighted by molar-refractivity contribution is -0.205. The number of urea groups is 1. The molecular formula is C25H21F3N4O5S. The first-order chi connectivity index (χ1) is 18.1. The first-order valence-electron chi connectivity index (χ1n) is 11.3. The van der Waals surface area contributed by atoms with Crippen molar-refractivity contribution in [2.75, 3.05) is 5.73 Å². The van der Waals surface area contributed by atoms with Crippen LogP contribution in [0.5, 0.6) is 0 Å². The number of benzene rings is 2. The second kappa shape index (κ2) is 11.0. The predicted octanol–water partition coefficient (Wildman–Crippen LogP) is 3.62. The summed E-state index contributed by atoms with van der Waals surface area (Å²) in [4.78, 5) is 55.3. The number of hydrogen-bond acceptors (Lipinski definition) is 8. The molecule has 0 spiro atoms. The van der Waals surface area contributed by atoms with Crippen molar-refractivity contribution < 1.29 is 37.1 Å². The van der Waals surface area contributed by atoms with E-state index < -0.39 is 48.1 Å². The van der Waals surface area contributed by atoms with Gasteiger partial charge in [-0.15, -0.1) is 11.3 Å². The first kappa shape index (κ1) is 26.8. The second-order valence-electron chi connectivity index (χ2n) is 8.37.